The van der Waals surface area contributed by atoms with E-state index in [-0.39, 0.29) is 35.1 Å². The summed E-state index contributed by atoms with van der Waals surface area (Å²) in [4.78, 5) is 37.0. The number of nitro benzene ring substituents is 1. The molecule has 1 amide bonds. The van der Waals surface area contributed by atoms with E-state index in [1.54, 1.807) is 24.4 Å². The zero-order valence-electron chi connectivity index (χ0n) is 33.8. The Morgan fingerprint density at radius 3 is 2.58 bits per heavy atom. The summed E-state index contributed by atoms with van der Waals surface area (Å²) >= 11 is 6.25. The first kappa shape index (κ1) is 41.8. The van der Waals surface area contributed by atoms with E-state index in [0.717, 1.165) is 74.3 Å². The number of carbonyl (C=O) groups excluding carboxylic acids is 1. The van der Waals surface area contributed by atoms with E-state index < -0.39 is 31.4 Å². The Labute approximate surface area is 363 Å². The Kier molecular flexibility index (Phi) is 11.9. The number of fused-ring (bicyclic) bond motifs is 1. The Morgan fingerprint density at radius 1 is 1.02 bits per heavy atom. The molecule has 3 fully saturated rings. The van der Waals surface area contributed by atoms with Crippen LogP contribution in [-0.2, 0) is 24.2 Å². The van der Waals surface area contributed by atoms with Crippen molar-refractivity contribution in [1.29, 1.82) is 0 Å². The third-order valence-electron chi connectivity index (χ3n) is 12.0. The van der Waals surface area contributed by atoms with Crippen LogP contribution in [-0.4, -0.2) is 113 Å². The highest BCUT2D eigenvalue weighted by Crippen LogP contribution is 2.48. The van der Waals surface area contributed by atoms with Gasteiger partial charge in [0.1, 0.15) is 22.8 Å². The number of nitrogens with zero attached hydrogens (tertiary/aromatic N) is 4. The molecule has 0 saturated carbocycles. The van der Waals surface area contributed by atoms with Crippen molar-refractivity contribution >= 4 is 61.2 Å². The summed E-state index contributed by atoms with van der Waals surface area (Å²) in [5, 5.41) is 16.5. The van der Waals surface area contributed by atoms with Crippen molar-refractivity contribution < 1.29 is 37.1 Å². The largest absolute Gasteiger partial charge is 0.455 e. The number of nitro groups is 1. The normalized spacial score (nSPS) is 19.3. The van der Waals surface area contributed by atoms with Gasteiger partial charge in [-0.25, -0.2) is 18.1 Å². The van der Waals surface area contributed by atoms with Gasteiger partial charge in [0, 0.05) is 79.1 Å². The Bertz CT molecular complexity index is 2620. The second kappa shape index (κ2) is 17.7. The summed E-state index contributed by atoms with van der Waals surface area (Å²) in [5.41, 5.74) is 5.30. The molecule has 0 bridgehead atoms. The number of halogens is 1. The number of anilines is 2. The van der Waals surface area contributed by atoms with Crippen LogP contribution in [0.4, 0.5) is 17.1 Å². The van der Waals surface area contributed by atoms with E-state index in [1.165, 1.54) is 41.1 Å². The predicted molar refractivity (Wildman–Crippen MR) is 234 cm³/mol. The van der Waals surface area contributed by atoms with E-state index in [9.17, 15) is 23.3 Å². The van der Waals surface area contributed by atoms with E-state index in [1.807, 2.05) is 18.2 Å². The molecule has 5 heterocycles. The van der Waals surface area contributed by atoms with E-state index in [0.29, 0.717) is 44.3 Å². The van der Waals surface area contributed by atoms with Crippen molar-refractivity contribution in [3.05, 3.63) is 117 Å². The molecule has 1 atom stereocenters. The van der Waals surface area contributed by atoms with Crippen LogP contribution < -0.4 is 19.7 Å². The topological polar surface area (TPSA) is 190 Å². The number of carbonyl (C=O) groups is 1. The van der Waals surface area contributed by atoms with Gasteiger partial charge in [0.05, 0.1) is 60.7 Å². The molecule has 1 aliphatic carbocycles. The molecule has 5 aromatic rings. The molecule has 9 rings (SSSR count). The lowest BCUT2D eigenvalue weighted by atomic mass is 9.69. The maximum absolute atomic E-state index is 13.9. The number of sulfonamides is 1. The summed E-state index contributed by atoms with van der Waals surface area (Å²) in [7, 11) is -4.58. The molecule has 3 aliphatic heterocycles. The number of pyridine rings is 1. The van der Waals surface area contributed by atoms with Crippen LogP contribution in [0, 0.1) is 15.5 Å². The summed E-state index contributed by atoms with van der Waals surface area (Å²) in [5.74, 6) is -0.520. The van der Waals surface area contributed by atoms with Crippen LogP contribution in [0.5, 0.6) is 11.5 Å². The minimum Gasteiger partial charge on any atom is -0.455 e. The molecule has 3 saturated heterocycles. The van der Waals surface area contributed by atoms with Crippen molar-refractivity contribution in [3.8, 4) is 11.5 Å². The summed E-state index contributed by atoms with van der Waals surface area (Å²) in [6, 6.07) is 20.2. The fourth-order valence-electron chi connectivity index (χ4n) is 8.53. The van der Waals surface area contributed by atoms with Gasteiger partial charge in [-0.1, -0.05) is 29.3 Å². The van der Waals surface area contributed by atoms with Crippen molar-refractivity contribution in [2.45, 2.75) is 30.3 Å². The van der Waals surface area contributed by atoms with E-state index in [2.05, 4.69) is 41.9 Å². The summed E-state index contributed by atoms with van der Waals surface area (Å²) in [6.45, 7) is 6.92. The van der Waals surface area contributed by atoms with Gasteiger partial charge < -0.3 is 34.1 Å². The maximum Gasteiger partial charge on any atom is 0.293 e. The van der Waals surface area contributed by atoms with Gasteiger partial charge in [-0.2, -0.15) is 0 Å². The van der Waals surface area contributed by atoms with Crippen molar-refractivity contribution in [1.82, 2.24) is 19.6 Å². The molecule has 324 valence electrons. The molecule has 0 radical (unpaired) electrons. The molecular weight excluding hydrogens is 838 g/mol. The minimum absolute atomic E-state index is 0.0544. The van der Waals surface area contributed by atoms with Gasteiger partial charge in [-0.15, -0.1) is 0 Å². The smallest absolute Gasteiger partial charge is 0.293 e. The van der Waals surface area contributed by atoms with Crippen molar-refractivity contribution in [3.63, 3.8) is 0 Å². The van der Waals surface area contributed by atoms with Gasteiger partial charge >= 0.3 is 0 Å². The first-order chi connectivity index (χ1) is 30.0. The molecule has 3 aromatic carbocycles. The molecular formula is C44H46ClN7O9S. The fraction of sp³-hybridized carbons (Fsp3) is 0.364. The fourth-order valence-corrected chi connectivity index (χ4v) is 9.65. The van der Waals surface area contributed by atoms with Gasteiger partial charge in [0.2, 0.25) is 0 Å². The summed E-state index contributed by atoms with van der Waals surface area (Å²) < 4.78 is 52.4. The second-order valence-corrected chi connectivity index (χ2v) is 18.3. The first-order valence-electron chi connectivity index (χ1n) is 20.6. The number of hydrogen-bond donors (Lipinski definition) is 3. The van der Waals surface area contributed by atoms with E-state index in [4.69, 9.17) is 30.5 Å². The van der Waals surface area contributed by atoms with Crippen LogP contribution in [0.25, 0.3) is 16.6 Å². The second-order valence-electron chi connectivity index (χ2n) is 16.2. The molecule has 62 heavy (non-hydrogen) atoms. The van der Waals surface area contributed by atoms with Gasteiger partial charge in [-0.3, -0.25) is 19.8 Å². The number of nitrogens with one attached hydrogen (secondary N) is 3. The summed E-state index contributed by atoms with van der Waals surface area (Å²) in [6.07, 6.45) is 6.08. The number of rotatable bonds is 13. The van der Waals surface area contributed by atoms with Crippen LogP contribution in [0.1, 0.15) is 35.2 Å². The third-order valence-corrected chi connectivity index (χ3v) is 13.6. The Hall–Kier alpha value is -5.56. The monoisotopic (exact) mass is 883 g/mol. The lowest BCUT2D eigenvalue weighted by molar-refractivity contribution is -0.384. The van der Waals surface area contributed by atoms with Crippen LogP contribution in [0.15, 0.2) is 95.7 Å². The van der Waals surface area contributed by atoms with Crippen LogP contribution >= 0.6 is 11.6 Å². The SMILES string of the molecule is O=C(NS(=O)(=O)c1ccc(NCC2COCCO2)c([N+](=O)[O-])c1)c1ccc(N2CCN(CC3=C(c4ccc(Cl)cc4)CC4(CC3)COC4)CC2)cc1Oc1cnc2[nH]ccc2c1. The standard InChI is InChI=1S/C44H46ClN7O9S/c45-32-3-1-29(2-4-32)38-22-44(27-59-28-44)11-9-31(38)25-50-13-15-51(16-14-50)33-5-7-37(41(20-33)61-34-19-30-10-12-46-42(30)48-23-34)43(53)49-62(56,57)36-6-8-39(40(21-36)52(54)55)47-24-35-26-58-17-18-60-35/h1-8,10,12,19-21,23,35,47H,9,11,13-18,22,24-28H2,(H,46,48)(H,49,53). The number of benzene rings is 3. The maximum atomic E-state index is 13.9. The quantitative estimate of drug-likeness (QED) is 0.0844. The number of aromatic nitrogens is 2. The number of hydrogen-bond acceptors (Lipinski definition) is 13. The Morgan fingerprint density at radius 2 is 1.84 bits per heavy atom. The highest BCUT2D eigenvalue weighted by Gasteiger charge is 2.42. The van der Waals surface area contributed by atoms with Crippen molar-refractivity contribution in [2.24, 2.45) is 5.41 Å². The van der Waals surface area contributed by atoms with Crippen molar-refractivity contribution in [2.75, 3.05) is 82.5 Å². The third kappa shape index (κ3) is 9.14. The average Bonchev–Trinajstić information content (AvgIpc) is 3.74. The number of allylic oxidation sites excluding steroid dienone is 1. The predicted octanol–water partition coefficient (Wildman–Crippen LogP) is 6.64. The lowest BCUT2D eigenvalue weighted by Gasteiger charge is -2.46. The number of aromatic amines is 1. The molecule has 16 nitrogen and oxygen atoms in total. The minimum atomic E-state index is -4.58. The average molecular weight is 884 g/mol. The molecule has 4 aliphatic rings. The first-order valence-corrected chi connectivity index (χ1v) is 22.4. The number of piperazine rings is 1. The zero-order valence-corrected chi connectivity index (χ0v) is 35.4. The van der Waals surface area contributed by atoms with Crippen LogP contribution in [0.2, 0.25) is 5.02 Å². The lowest BCUT2D eigenvalue weighted by Crippen LogP contribution is -2.48. The van der Waals surface area contributed by atoms with Gasteiger partial charge in [-0.05, 0) is 78.9 Å². The molecule has 2 aromatic heterocycles. The van der Waals surface area contributed by atoms with Gasteiger partial charge in [0.25, 0.3) is 21.6 Å². The molecule has 3 N–H and O–H groups in total. The van der Waals surface area contributed by atoms with Gasteiger partial charge in [0.15, 0.2) is 0 Å². The molecule has 1 spiro atoms. The van der Waals surface area contributed by atoms with Crippen LogP contribution in [0.3, 0.4) is 0 Å². The highest BCUT2D eigenvalue weighted by molar-refractivity contribution is 7.90. The molecule has 18 heteroatoms. The zero-order chi connectivity index (χ0) is 42.8. The number of ether oxygens (including phenoxy) is 4. The number of amides is 1. The Balaban J connectivity index is 0.926. The van der Waals surface area contributed by atoms with E-state index >= 15 is 0 Å². The number of H-pyrrole nitrogens is 1. The highest BCUT2D eigenvalue weighted by atomic mass is 35.5. The molecule has 1 unspecified atom stereocenters.